The Morgan fingerprint density at radius 1 is 1.27 bits per heavy atom. The maximum absolute atomic E-state index is 9.81. The number of hydrogen-bond acceptors (Lipinski definition) is 7. The van der Waals surface area contributed by atoms with Crippen molar-refractivity contribution in [3.8, 4) is 17.3 Å². The smallest absolute Gasteiger partial charge is 0.166 e. The first-order valence-corrected chi connectivity index (χ1v) is 12.0. The first-order chi connectivity index (χ1) is 16.2. The summed E-state index contributed by atoms with van der Waals surface area (Å²) in [5, 5.41) is 31.5. The standard InChI is InChI=1S/C25H29N7O/c1-32-13-19-7-16(2-3-22(19)31-32)23-9-17(11-26)25(30-29-23)28-20-8-18-12-27-24(21(18)10-20)6-15-4-5-33-14-15/h2-3,7,9,13,15,18,20-21,24,27H,4-6,8,10,12,14H2,1H3,(H,28,30)/t15-,18-,20+,21+,24+/m1/s1. The molecule has 3 aliphatic rings. The fourth-order valence-electron chi connectivity index (χ4n) is 6.07. The number of aryl methyl sites for hydroxylation is 1. The summed E-state index contributed by atoms with van der Waals surface area (Å²) >= 11 is 0. The van der Waals surface area contributed by atoms with Gasteiger partial charge < -0.3 is 15.4 Å². The summed E-state index contributed by atoms with van der Waals surface area (Å²) in [5.74, 6) is 2.68. The SMILES string of the molecule is Cn1cc2cc(-c3cc(C#N)c(N[C@H]4C[C@@H]5CN[C@@H](C[C@H]6CCOC6)[C@H]5C4)nn3)ccc2n1. The van der Waals surface area contributed by atoms with Crippen LogP contribution in [-0.2, 0) is 11.8 Å². The lowest BCUT2D eigenvalue weighted by atomic mass is 9.88. The third-order valence-electron chi connectivity index (χ3n) is 7.69. The van der Waals surface area contributed by atoms with Crippen LogP contribution in [0.2, 0.25) is 0 Å². The topological polar surface area (TPSA) is 101 Å². The minimum Gasteiger partial charge on any atom is -0.381 e. The van der Waals surface area contributed by atoms with Crippen molar-refractivity contribution in [1.82, 2.24) is 25.3 Å². The van der Waals surface area contributed by atoms with Gasteiger partial charge in [-0.25, -0.2) is 0 Å². The summed E-state index contributed by atoms with van der Waals surface area (Å²) in [7, 11) is 1.91. The van der Waals surface area contributed by atoms with Gasteiger partial charge in [-0.15, -0.1) is 10.2 Å². The van der Waals surface area contributed by atoms with E-state index in [1.54, 1.807) is 4.68 Å². The van der Waals surface area contributed by atoms with Crippen LogP contribution in [0.1, 0.15) is 31.2 Å². The molecule has 2 aromatic heterocycles. The summed E-state index contributed by atoms with van der Waals surface area (Å²) in [6.45, 7) is 2.92. The number of nitrogens with one attached hydrogen (secondary N) is 2. The van der Waals surface area contributed by atoms with Gasteiger partial charge in [-0.1, -0.05) is 6.07 Å². The molecular weight excluding hydrogens is 414 g/mol. The molecule has 3 fully saturated rings. The molecule has 2 aliphatic heterocycles. The number of benzene rings is 1. The number of nitrogens with zero attached hydrogens (tertiary/aromatic N) is 5. The van der Waals surface area contributed by atoms with Crippen LogP contribution in [0.3, 0.4) is 0 Å². The van der Waals surface area contributed by atoms with E-state index in [1.807, 2.05) is 37.5 Å². The second kappa shape index (κ2) is 8.40. The molecule has 8 nitrogen and oxygen atoms in total. The van der Waals surface area contributed by atoms with E-state index in [9.17, 15) is 5.26 Å². The summed E-state index contributed by atoms with van der Waals surface area (Å²) in [6, 6.07) is 11.1. The first-order valence-electron chi connectivity index (χ1n) is 12.0. The normalized spacial score (nSPS) is 28.8. The molecule has 0 unspecified atom stereocenters. The number of hydrogen-bond donors (Lipinski definition) is 2. The Hall–Kier alpha value is -3.02. The lowest BCUT2D eigenvalue weighted by Gasteiger charge is -2.22. The Kier molecular flexibility index (Phi) is 5.24. The van der Waals surface area contributed by atoms with Crippen molar-refractivity contribution >= 4 is 16.7 Å². The van der Waals surface area contributed by atoms with Crippen LogP contribution in [0.25, 0.3) is 22.2 Å². The van der Waals surface area contributed by atoms with Crippen molar-refractivity contribution in [2.24, 2.45) is 24.8 Å². The molecule has 2 saturated heterocycles. The van der Waals surface area contributed by atoms with Crippen molar-refractivity contribution in [3.05, 3.63) is 36.0 Å². The molecule has 0 amide bonds. The summed E-state index contributed by atoms with van der Waals surface area (Å²) in [6.07, 6.45) is 6.61. The van der Waals surface area contributed by atoms with E-state index in [4.69, 9.17) is 4.74 Å². The van der Waals surface area contributed by atoms with Crippen LogP contribution in [0.15, 0.2) is 30.5 Å². The molecule has 0 spiro atoms. The molecule has 6 rings (SSSR count). The average Bonchev–Trinajstić information content (AvgIpc) is 3.59. The predicted molar refractivity (Wildman–Crippen MR) is 125 cm³/mol. The van der Waals surface area contributed by atoms with E-state index in [0.717, 1.165) is 49.1 Å². The van der Waals surface area contributed by atoms with Gasteiger partial charge in [-0.2, -0.15) is 10.4 Å². The van der Waals surface area contributed by atoms with Crippen molar-refractivity contribution in [2.45, 2.75) is 37.8 Å². The molecule has 4 heterocycles. The number of aromatic nitrogens is 4. The van der Waals surface area contributed by atoms with Crippen molar-refractivity contribution < 1.29 is 4.74 Å². The van der Waals surface area contributed by atoms with E-state index in [2.05, 4.69) is 32.0 Å². The van der Waals surface area contributed by atoms with Gasteiger partial charge in [-0.3, -0.25) is 4.68 Å². The van der Waals surface area contributed by atoms with Crippen molar-refractivity contribution in [3.63, 3.8) is 0 Å². The Morgan fingerprint density at radius 3 is 3.06 bits per heavy atom. The number of nitriles is 1. The Morgan fingerprint density at radius 2 is 2.21 bits per heavy atom. The fourth-order valence-corrected chi connectivity index (χ4v) is 6.07. The minimum absolute atomic E-state index is 0.337. The highest BCUT2D eigenvalue weighted by Gasteiger charge is 2.44. The highest BCUT2D eigenvalue weighted by molar-refractivity contribution is 5.83. The summed E-state index contributed by atoms with van der Waals surface area (Å²) in [4.78, 5) is 0. The predicted octanol–water partition coefficient (Wildman–Crippen LogP) is 3.11. The molecule has 8 heteroatoms. The Bertz CT molecular complexity index is 1210. The summed E-state index contributed by atoms with van der Waals surface area (Å²) in [5.41, 5.74) is 3.12. The molecule has 5 atom stereocenters. The summed E-state index contributed by atoms with van der Waals surface area (Å²) < 4.78 is 7.38. The molecule has 0 bridgehead atoms. The number of rotatable bonds is 5. The molecule has 170 valence electrons. The highest BCUT2D eigenvalue weighted by atomic mass is 16.5. The van der Waals surface area contributed by atoms with Gasteiger partial charge in [0.05, 0.1) is 16.8 Å². The molecule has 1 aliphatic carbocycles. The molecule has 3 aromatic rings. The first kappa shape index (κ1) is 20.6. The number of ether oxygens (including phenoxy) is 1. The average molecular weight is 444 g/mol. The maximum atomic E-state index is 9.81. The second-order valence-electron chi connectivity index (χ2n) is 9.90. The molecule has 2 N–H and O–H groups in total. The van der Waals surface area contributed by atoms with Crippen LogP contribution < -0.4 is 10.6 Å². The van der Waals surface area contributed by atoms with E-state index < -0.39 is 0 Å². The highest BCUT2D eigenvalue weighted by Crippen LogP contribution is 2.41. The zero-order valence-corrected chi connectivity index (χ0v) is 18.9. The van der Waals surface area contributed by atoms with Crippen LogP contribution >= 0.6 is 0 Å². The van der Waals surface area contributed by atoms with Crippen molar-refractivity contribution in [1.29, 1.82) is 5.26 Å². The van der Waals surface area contributed by atoms with Crippen LogP contribution in [0.4, 0.5) is 5.82 Å². The van der Waals surface area contributed by atoms with Crippen LogP contribution in [-0.4, -0.2) is 51.8 Å². The maximum Gasteiger partial charge on any atom is 0.166 e. The van der Waals surface area contributed by atoms with E-state index in [1.165, 1.54) is 12.8 Å². The van der Waals surface area contributed by atoms with Crippen LogP contribution in [0.5, 0.6) is 0 Å². The lowest BCUT2D eigenvalue weighted by Crippen LogP contribution is -2.31. The molecule has 0 radical (unpaired) electrons. The molecule has 1 aromatic carbocycles. The molecular formula is C25H29N7O. The van der Waals surface area contributed by atoms with E-state index in [0.29, 0.717) is 46.9 Å². The zero-order valence-electron chi connectivity index (χ0n) is 18.9. The van der Waals surface area contributed by atoms with Crippen molar-refractivity contribution in [2.75, 3.05) is 25.1 Å². The quantitative estimate of drug-likeness (QED) is 0.625. The Labute approximate surface area is 193 Å². The van der Waals surface area contributed by atoms with E-state index >= 15 is 0 Å². The van der Waals surface area contributed by atoms with E-state index in [-0.39, 0.29) is 0 Å². The van der Waals surface area contributed by atoms with Gasteiger partial charge >= 0.3 is 0 Å². The second-order valence-corrected chi connectivity index (χ2v) is 9.90. The largest absolute Gasteiger partial charge is 0.381 e. The number of fused-ring (bicyclic) bond motifs is 2. The molecule has 33 heavy (non-hydrogen) atoms. The fraction of sp³-hybridized carbons (Fsp3) is 0.520. The van der Waals surface area contributed by atoms with Gasteiger partial charge in [0.15, 0.2) is 5.82 Å². The van der Waals surface area contributed by atoms with Crippen LogP contribution in [0, 0.1) is 29.1 Å². The van der Waals surface area contributed by atoms with Gasteiger partial charge in [0.2, 0.25) is 0 Å². The van der Waals surface area contributed by atoms with Gasteiger partial charge in [0, 0.05) is 49.5 Å². The van der Waals surface area contributed by atoms with Gasteiger partial charge in [0.25, 0.3) is 0 Å². The zero-order chi connectivity index (χ0) is 22.4. The third-order valence-corrected chi connectivity index (χ3v) is 7.69. The lowest BCUT2D eigenvalue weighted by molar-refractivity contribution is 0.179. The third kappa shape index (κ3) is 3.96. The van der Waals surface area contributed by atoms with Gasteiger partial charge in [0.1, 0.15) is 6.07 Å². The molecule has 1 saturated carbocycles. The minimum atomic E-state index is 0.337. The van der Waals surface area contributed by atoms with Gasteiger partial charge in [-0.05, 0) is 68.2 Å². The monoisotopic (exact) mass is 443 g/mol. The Balaban J connectivity index is 1.16. The number of anilines is 1.